The first-order valence-electron chi connectivity index (χ1n) is 10.4. The Hall–Kier alpha value is -2.10. The van der Waals surface area contributed by atoms with Crippen molar-refractivity contribution in [1.29, 1.82) is 0 Å². The largest absolute Gasteiger partial charge is 0.435 e. The van der Waals surface area contributed by atoms with Gasteiger partial charge in [0.1, 0.15) is 0 Å². The molecule has 0 saturated heterocycles. The first-order chi connectivity index (χ1) is 19.8. The minimum Gasteiger partial charge on any atom is -0.226 e. The van der Waals surface area contributed by atoms with Crippen LogP contribution in [0, 0.1) is 0 Å². The molecule has 3 aliphatic rings. The maximum Gasteiger partial charge on any atom is 0.435 e. The minimum absolute atomic E-state index is 9.01. The highest BCUT2D eigenvalue weighted by Crippen LogP contribution is 2.86. The van der Waals surface area contributed by atoms with Gasteiger partial charge in [-0.25, -0.2) is 22.0 Å². The van der Waals surface area contributed by atoms with Crippen molar-refractivity contribution in [2.24, 2.45) is 0 Å². The molecule has 5 atom stereocenters. The summed E-state index contributed by atoms with van der Waals surface area (Å²) in [6.45, 7) is 0. The standard InChI is InChI=1S/C17F30/c18-1(2(19)7(25,26)5(22,17(45,46)47)13(37,38)14(39,40)10(2,31)32)6(23,24)3(20)4(21,9(29,30)8(1,27)28)12(35,36)16(43,44)15(41,42)11(3,33)34. The van der Waals surface area contributed by atoms with Crippen molar-refractivity contribution in [3.63, 3.8) is 0 Å². The van der Waals surface area contributed by atoms with Crippen molar-refractivity contribution < 1.29 is 132 Å². The van der Waals surface area contributed by atoms with E-state index in [0.29, 0.717) is 0 Å². The normalized spacial score (nSPS) is 45.8. The van der Waals surface area contributed by atoms with Crippen molar-refractivity contribution in [3.05, 3.63) is 0 Å². The van der Waals surface area contributed by atoms with Gasteiger partial charge in [-0.05, 0) is 0 Å². The average Bonchev–Trinajstić information content (AvgIpc) is 2.86. The van der Waals surface area contributed by atoms with E-state index in [-0.39, 0.29) is 0 Å². The Morgan fingerprint density at radius 2 is 0.362 bits per heavy atom. The summed E-state index contributed by atoms with van der Waals surface area (Å²) in [4.78, 5) is 0. The Kier molecular flexibility index (Phi) is 6.78. The third-order valence-electron chi connectivity index (χ3n) is 8.03. The number of fused-ring (bicyclic) bond motifs is 1. The lowest BCUT2D eigenvalue weighted by molar-refractivity contribution is -0.578. The van der Waals surface area contributed by atoms with Gasteiger partial charge in [0.05, 0.1) is 0 Å². The number of hydrogen-bond donors (Lipinski definition) is 0. The fourth-order valence-electron chi connectivity index (χ4n) is 5.44. The molecule has 0 bridgehead atoms. The molecule has 30 heteroatoms. The molecular weight excluding hydrogens is 774 g/mol. The van der Waals surface area contributed by atoms with Crippen molar-refractivity contribution in [2.45, 2.75) is 99.7 Å². The van der Waals surface area contributed by atoms with Gasteiger partial charge in [0.15, 0.2) is 0 Å². The second kappa shape index (κ2) is 8.10. The van der Waals surface area contributed by atoms with Crippen LogP contribution >= 0.6 is 0 Å². The quantitative estimate of drug-likeness (QED) is 0.234. The summed E-state index contributed by atoms with van der Waals surface area (Å²) in [6.07, 6.45) is -9.12. The molecular formula is C17F30. The van der Waals surface area contributed by atoms with Gasteiger partial charge in [0.25, 0.3) is 22.7 Å². The topological polar surface area (TPSA) is 0 Å². The molecule has 0 nitrogen and oxygen atoms in total. The van der Waals surface area contributed by atoms with Crippen LogP contribution < -0.4 is 0 Å². The highest BCUT2D eigenvalue weighted by molar-refractivity contribution is 5.49. The van der Waals surface area contributed by atoms with Crippen LogP contribution in [0.3, 0.4) is 0 Å². The lowest BCUT2D eigenvalue weighted by Crippen LogP contribution is -3.03. The molecule has 0 amide bonds. The van der Waals surface area contributed by atoms with Crippen molar-refractivity contribution >= 4 is 0 Å². The molecule has 3 fully saturated rings. The molecule has 3 rings (SSSR count). The van der Waals surface area contributed by atoms with E-state index in [0.717, 1.165) is 0 Å². The van der Waals surface area contributed by atoms with Gasteiger partial charge in [-0.1, -0.05) is 0 Å². The molecule has 0 aromatic carbocycles. The second-order valence-electron chi connectivity index (χ2n) is 10.1. The van der Waals surface area contributed by atoms with Gasteiger partial charge in [0.2, 0.25) is 0 Å². The van der Waals surface area contributed by atoms with Gasteiger partial charge in [-0.3, -0.25) is 0 Å². The molecule has 0 heterocycles. The SMILES string of the molecule is FC(F)(F)C1(F)C(F)(F)C(F)(F)C(F)(F)C(F)(C2(F)C(F)(F)C(F)(F)C3(F)C(F)(F)C(F)(F)C(F)(F)C(F)(F)C3(F)C2(F)F)C1(F)F. The predicted octanol–water partition coefficient (Wildman–Crippen LogP) is 9.12. The Labute approximate surface area is 233 Å². The van der Waals surface area contributed by atoms with E-state index in [4.69, 9.17) is 0 Å². The molecule has 5 unspecified atom stereocenters. The third-order valence-corrected chi connectivity index (χ3v) is 8.03. The van der Waals surface area contributed by atoms with Gasteiger partial charge < -0.3 is 0 Å². The molecule has 3 saturated carbocycles. The zero-order valence-corrected chi connectivity index (χ0v) is 19.8. The van der Waals surface area contributed by atoms with E-state index in [1.165, 1.54) is 0 Å². The molecule has 3 aliphatic carbocycles. The maximum absolute atomic E-state index is 15.6. The van der Waals surface area contributed by atoms with Crippen molar-refractivity contribution in [3.8, 4) is 0 Å². The summed E-state index contributed by atoms with van der Waals surface area (Å²) in [5.41, 5.74) is -51.1. The van der Waals surface area contributed by atoms with Crippen LogP contribution in [0.5, 0.6) is 0 Å². The van der Waals surface area contributed by atoms with E-state index >= 15 is 26.3 Å². The summed E-state index contributed by atoms with van der Waals surface area (Å²) in [5.74, 6) is -107. The monoisotopic (exact) mass is 774 g/mol. The van der Waals surface area contributed by atoms with E-state index in [9.17, 15) is 105 Å². The molecule has 47 heavy (non-hydrogen) atoms. The first kappa shape index (κ1) is 39.3. The maximum atomic E-state index is 15.6. The van der Waals surface area contributed by atoms with E-state index in [1.54, 1.807) is 0 Å². The Morgan fingerprint density at radius 3 is 0.596 bits per heavy atom. The van der Waals surface area contributed by atoms with Crippen LogP contribution in [0.4, 0.5) is 132 Å². The van der Waals surface area contributed by atoms with Gasteiger partial charge in [0, 0.05) is 0 Å². The lowest BCUT2D eigenvalue weighted by atomic mass is 9.47. The number of hydrogen-bond acceptors (Lipinski definition) is 0. The molecule has 278 valence electrons. The number of rotatable bonds is 1. The fraction of sp³-hybridized carbons (Fsp3) is 1.00. The highest BCUT2D eigenvalue weighted by Gasteiger charge is 3.20. The Morgan fingerprint density at radius 1 is 0.191 bits per heavy atom. The molecule has 0 N–H and O–H groups in total. The molecule has 0 radical (unpaired) electrons. The average molecular weight is 774 g/mol. The molecule has 0 aromatic rings. The van der Waals surface area contributed by atoms with Gasteiger partial charge >= 0.3 is 77.0 Å². The lowest BCUT2D eigenvalue weighted by Gasteiger charge is -2.68. The highest BCUT2D eigenvalue weighted by atomic mass is 19.4. The van der Waals surface area contributed by atoms with Crippen LogP contribution in [0.1, 0.15) is 0 Å². The zero-order valence-electron chi connectivity index (χ0n) is 19.8. The van der Waals surface area contributed by atoms with Gasteiger partial charge in [-0.15, -0.1) is 0 Å². The summed E-state index contributed by atoms with van der Waals surface area (Å²) in [6, 6.07) is 0. The van der Waals surface area contributed by atoms with Crippen LogP contribution in [0.2, 0.25) is 0 Å². The van der Waals surface area contributed by atoms with Crippen LogP contribution in [-0.4, -0.2) is 99.7 Å². The van der Waals surface area contributed by atoms with E-state index < -0.39 is 99.7 Å². The summed E-state index contributed by atoms with van der Waals surface area (Å²) >= 11 is 0. The molecule has 0 aromatic heterocycles. The number of halogens is 30. The van der Waals surface area contributed by atoms with E-state index in [2.05, 4.69) is 0 Å². The van der Waals surface area contributed by atoms with Crippen LogP contribution in [0.15, 0.2) is 0 Å². The molecule has 0 spiro atoms. The fourth-order valence-corrected chi connectivity index (χ4v) is 5.44. The zero-order chi connectivity index (χ0) is 38.5. The Bertz CT molecular complexity index is 1350. The van der Waals surface area contributed by atoms with Crippen LogP contribution in [0.25, 0.3) is 0 Å². The van der Waals surface area contributed by atoms with Crippen LogP contribution in [-0.2, 0) is 0 Å². The summed E-state index contributed by atoms with van der Waals surface area (Å²) in [7, 11) is 0. The van der Waals surface area contributed by atoms with Crippen molar-refractivity contribution in [1.82, 2.24) is 0 Å². The van der Waals surface area contributed by atoms with Crippen molar-refractivity contribution in [2.75, 3.05) is 0 Å². The second-order valence-corrected chi connectivity index (χ2v) is 10.1. The third kappa shape index (κ3) is 2.70. The predicted molar refractivity (Wildman–Crippen MR) is 79.7 cm³/mol. The minimum atomic E-state index is -10.7. The van der Waals surface area contributed by atoms with Gasteiger partial charge in [-0.2, -0.15) is 110 Å². The smallest absolute Gasteiger partial charge is 0.226 e. The Balaban J connectivity index is 2.84. The number of alkyl halides is 30. The first-order valence-corrected chi connectivity index (χ1v) is 10.4. The molecule has 0 aliphatic heterocycles. The van der Waals surface area contributed by atoms with E-state index in [1.807, 2.05) is 0 Å². The summed E-state index contributed by atoms with van der Waals surface area (Å²) < 4.78 is 428. The summed E-state index contributed by atoms with van der Waals surface area (Å²) in [5, 5.41) is 0.